The smallest absolute Gasteiger partial charge is 0.324 e. The van der Waals surface area contributed by atoms with Gasteiger partial charge in [-0.15, -0.1) is 0 Å². The van der Waals surface area contributed by atoms with E-state index in [9.17, 15) is 27.7 Å². The fraction of sp³-hybridized carbons (Fsp3) is 0.222. The number of carboxylic acid groups (broad SMARTS) is 1. The Morgan fingerprint density at radius 2 is 2.10 bits per heavy atom. The van der Waals surface area contributed by atoms with Gasteiger partial charge in [-0.2, -0.15) is 4.72 Å². The van der Waals surface area contributed by atoms with Crippen LogP contribution in [0.3, 0.4) is 0 Å². The number of aliphatic carboxylic acids is 1. The zero-order chi connectivity index (χ0) is 15.5. The highest BCUT2D eigenvalue weighted by Crippen LogP contribution is 2.24. The van der Waals surface area contributed by atoms with E-state index in [1.54, 1.807) is 4.72 Å². The zero-order valence-corrected chi connectivity index (χ0v) is 10.5. The highest BCUT2D eigenvalue weighted by atomic mass is 32.2. The van der Waals surface area contributed by atoms with Crippen molar-refractivity contribution in [1.82, 2.24) is 4.72 Å². The lowest BCUT2D eigenvalue weighted by Gasteiger charge is -2.12. The number of halogens is 1. The summed E-state index contributed by atoms with van der Waals surface area (Å²) in [5, 5.41) is 28.0. The molecular formula is C9H9FN2O7S. The molecular weight excluding hydrogens is 299 g/mol. The van der Waals surface area contributed by atoms with Gasteiger partial charge in [0.1, 0.15) is 11.9 Å². The van der Waals surface area contributed by atoms with Crippen LogP contribution in [0.5, 0.6) is 0 Å². The van der Waals surface area contributed by atoms with Gasteiger partial charge in [-0.05, 0) is 12.1 Å². The SMILES string of the molecule is O=C(O)C(CO)NS(=O)(=O)c1ccc(F)cc1[N+](=O)[O-]. The largest absolute Gasteiger partial charge is 0.480 e. The number of rotatable bonds is 6. The van der Waals surface area contributed by atoms with Crippen LogP contribution in [-0.2, 0) is 14.8 Å². The molecule has 0 bridgehead atoms. The van der Waals surface area contributed by atoms with Crippen molar-refractivity contribution in [2.24, 2.45) is 0 Å². The van der Waals surface area contributed by atoms with Gasteiger partial charge in [0.25, 0.3) is 5.69 Å². The predicted octanol–water partition coefficient (Wildman–Crippen LogP) is -0.542. The number of nitrogens with zero attached hydrogens (tertiary/aromatic N) is 1. The maximum absolute atomic E-state index is 12.9. The number of hydrogen-bond donors (Lipinski definition) is 3. The predicted molar refractivity (Wildman–Crippen MR) is 61.9 cm³/mol. The van der Waals surface area contributed by atoms with Crippen molar-refractivity contribution in [3.8, 4) is 0 Å². The molecule has 0 aliphatic heterocycles. The van der Waals surface area contributed by atoms with Crippen LogP contribution in [0.25, 0.3) is 0 Å². The van der Waals surface area contributed by atoms with E-state index >= 15 is 0 Å². The summed E-state index contributed by atoms with van der Waals surface area (Å²) < 4.78 is 38.1. The van der Waals surface area contributed by atoms with Crippen LogP contribution in [0.15, 0.2) is 23.1 Å². The van der Waals surface area contributed by atoms with Gasteiger partial charge in [0.15, 0.2) is 4.90 Å². The highest BCUT2D eigenvalue weighted by molar-refractivity contribution is 7.89. The number of sulfonamides is 1. The molecule has 0 heterocycles. The molecule has 1 aromatic rings. The summed E-state index contributed by atoms with van der Waals surface area (Å²) in [5.74, 6) is -2.69. The van der Waals surface area contributed by atoms with Gasteiger partial charge in [0.05, 0.1) is 17.6 Å². The fourth-order valence-electron chi connectivity index (χ4n) is 1.28. The highest BCUT2D eigenvalue weighted by Gasteiger charge is 2.30. The Morgan fingerprint density at radius 3 is 2.55 bits per heavy atom. The Kier molecular flexibility index (Phi) is 4.70. The summed E-state index contributed by atoms with van der Waals surface area (Å²) in [5.41, 5.74) is -1.04. The molecule has 1 aromatic carbocycles. The number of nitrogens with one attached hydrogen (secondary N) is 1. The lowest BCUT2D eigenvalue weighted by atomic mass is 10.3. The van der Waals surface area contributed by atoms with Crippen LogP contribution in [-0.4, -0.2) is 42.2 Å². The molecule has 3 N–H and O–H groups in total. The molecule has 0 aromatic heterocycles. The summed E-state index contributed by atoms with van der Waals surface area (Å²) in [6.07, 6.45) is 0. The molecule has 20 heavy (non-hydrogen) atoms. The van der Waals surface area contributed by atoms with Crippen LogP contribution in [0, 0.1) is 15.9 Å². The average Bonchev–Trinajstić information content (AvgIpc) is 2.35. The molecule has 9 nitrogen and oxygen atoms in total. The van der Waals surface area contributed by atoms with E-state index < -0.39 is 50.0 Å². The molecule has 0 saturated heterocycles. The van der Waals surface area contributed by atoms with Gasteiger partial charge in [0.2, 0.25) is 10.0 Å². The number of aliphatic hydroxyl groups is 1. The second-order valence-corrected chi connectivity index (χ2v) is 5.25. The first kappa shape index (κ1) is 15.9. The molecule has 0 spiro atoms. The third-order valence-corrected chi connectivity index (χ3v) is 3.70. The lowest BCUT2D eigenvalue weighted by molar-refractivity contribution is -0.388. The maximum Gasteiger partial charge on any atom is 0.324 e. The molecule has 1 rings (SSSR count). The normalized spacial score (nSPS) is 12.9. The molecule has 1 atom stereocenters. The minimum absolute atomic E-state index is 0.392. The van der Waals surface area contributed by atoms with Crippen LogP contribution >= 0.6 is 0 Å². The maximum atomic E-state index is 12.9. The Hall–Kier alpha value is -2.11. The summed E-state index contributed by atoms with van der Waals surface area (Å²) in [6.45, 7) is -1.05. The van der Waals surface area contributed by atoms with Gasteiger partial charge < -0.3 is 10.2 Å². The first-order valence-electron chi connectivity index (χ1n) is 4.99. The van der Waals surface area contributed by atoms with Crippen molar-refractivity contribution in [3.63, 3.8) is 0 Å². The van der Waals surface area contributed by atoms with Gasteiger partial charge in [-0.25, -0.2) is 12.8 Å². The Morgan fingerprint density at radius 1 is 1.50 bits per heavy atom. The van der Waals surface area contributed by atoms with E-state index in [0.717, 1.165) is 0 Å². The van der Waals surface area contributed by atoms with E-state index in [2.05, 4.69) is 0 Å². The molecule has 0 fully saturated rings. The van der Waals surface area contributed by atoms with E-state index in [0.29, 0.717) is 18.2 Å². The van der Waals surface area contributed by atoms with E-state index in [4.69, 9.17) is 10.2 Å². The van der Waals surface area contributed by atoms with Crippen LogP contribution in [0.2, 0.25) is 0 Å². The molecule has 0 saturated carbocycles. The van der Waals surface area contributed by atoms with Crippen molar-refractivity contribution in [3.05, 3.63) is 34.1 Å². The fourth-order valence-corrected chi connectivity index (χ4v) is 2.61. The third kappa shape index (κ3) is 3.46. The summed E-state index contributed by atoms with van der Waals surface area (Å²) in [6, 6.07) is -0.171. The van der Waals surface area contributed by atoms with Crippen molar-refractivity contribution in [2.45, 2.75) is 10.9 Å². The second-order valence-electron chi connectivity index (χ2n) is 3.56. The number of carbonyl (C=O) groups is 1. The first-order valence-corrected chi connectivity index (χ1v) is 6.47. The monoisotopic (exact) mass is 308 g/mol. The number of benzene rings is 1. The molecule has 0 aliphatic rings. The number of hydrogen-bond acceptors (Lipinski definition) is 6. The number of nitro benzene ring substituents is 1. The molecule has 0 amide bonds. The Labute approximate surface area is 111 Å². The number of aliphatic hydroxyl groups excluding tert-OH is 1. The van der Waals surface area contributed by atoms with Gasteiger partial charge >= 0.3 is 5.97 Å². The van der Waals surface area contributed by atoms with E-state index in [1.807, 2.05) is 0 Å². The summed E-state index contributed by atoms with van der Waals surface area (Å²) >= 11 is 0. The minimum Gasteiger partial charge on any atom is -0.480 e. The number of carboxylic acids is 1. The number of nitro groups is 1. The van der Waals surface area contributed by atoms with E-state index in [1.165, 1.54) is 0 Å². The van der Waals surface area contributed by atoms with Gasteiger partial charge in [-0.1, -0.05) is 0 Å². The van der Waals surface area contributed by atoms with Crippen molar-refractivity contribution in [1.29, 1.82) is 0 Å². The third-order valence-electron chi connectivity index (χ3n) is 2.19. The Bertz CT molecular complexity index is 646. The summed E-state index contributed by atoms with van der Waals surface area (Å²) in [7, 11) is -4.61. The van der Waals surface area contributed by atoms with Crippen LogP contribution in [0.4, 0.5) is 10.1 Å². The lowest BCUT2D eigenvalue weighted by Crippen LogP contribution is -2.43. The quantitative estimate of drug-likeness (QED) is 0.472. The van der Waals surface area contributed by atoms with Crippen molar-refractivity contribution < 1.29 is 32.7 Å². The second kappa shape index (κ2) is 5.90. The minimum atomic E-state index is -4.61. The first-order chi connectivity index (χ1) is 9.19. The van der Waals surface area contributed by atoms with E-state index in [-0.39, 0.29) is 0 Å². The molecule has 11 heteroatoms. The van der Waals surface area contributed by atoms with Gasteiger partial charge in [-0.3, -0.25) is 14.9 Å². The molecule has 1 unspecified atom stereocenters. The standard InChI is InChI=1S/C9H9FN2O7S/c10-5-1-2-8(7(3-5)12(16)17)20(18,19)11-6(4-13)9(14)15/h1-3,6,11,13H,4H2,(H,14,15). The average molecular weight is 308 g/mol. The van der Waals surface area contributed by atoms with Crippen molar-refractivity contribution in [2.75, 3.05) is 6.61 Å². The van der Waals surface area contributed by atoms with Crippen LogP contribution in [0.1, 0.15) is 0 Å². The molecule has 110 valence electrons. The molecule has 0 radical (unpaired) electrons. The Balaban J connectivity index is 3.29. The van der Waals surface area contributed by atoms with Crippen LogP contribution < -0.4 is 4.72 Å². The van der Waals surface area contributed by atoms with Crippen molar-refractivity contribution >= 4 is 21.7 Å². The molecule has 0 aliphatic carbocycles. The zero-order valence-electron chi connectivity index (χ0n) is 9.69. The summed E-state index contributed by atoms with van der Waals surface area (Å²) in [4.78, 5) is 19.3. The van der Waals surface area contributed by atoms with Gasteiger partial charge in [0, 0.05) is 0 Å². The topological polar surface area (TPSA) is 147 Å².